The van der Waals surface area contributed by atoms with Gasteiger partial charge in [-0.2, -0.15) is 0 Å². The van der Waals surface area contributed by atoms with E-state index in [1.54, 1.807) is 0 Å². The van der Waals surface area contributed by atoms with Gasteiger partial charge in [-0.3, -0.25) is 9.59 Å². The molecule has 1 N–H and O–H groups in total. The molecule has 0 unspecified atom stereocenters. The number of Topliss-reactive ketones (excluding diaryl/α,β-unsaturated/α-hetero) is 1. The van der Waals surface area contributed by atoms with Gasteiger partial charge in [-0.05, 0) is 25.0 Å². The SMILES string of the molecule is O=C(CN1CCC(=O)c2ccccc21)NC1CC1. The molecule has 0 aromatic heterocycles. The molecule has 1 aromatic carbocycles. The van der Waals surface area contributed by atoms with E-state index >= 15 is 0 Å². The van der Waals surface area contributed by atoms with E-state index in [4.69, 9.17) is 0 Å². The highest BCUT2D eigenvalue weighted by Gasteiger charge is 2.27. The number of benzene rings is 1. The molecule has 4 heteroatoms. The molecule has 1 aliphatic heterocycles. The molecule has 3 rings (SSSR count). The second-order valence-corrected chi connectivity index (χ2v) is 4.95. The van der Waals surface area contributed by atoms with Crippen LogP contribution in [-0.2, 0) is 4.79 Å². The predicted molar refractivity (Wildman–Crippen MR) is 68.8 cm³/mol. The average molecular weight is 244 g/mol. The van der Waals surface area contributed by atoms with Crippen LogP contribution in [0.1, 0.15) is 29.6 Å². The summed E-state index contributed by atoms with van der Waals surface area (Å²) in [5, 5.41) is 2.98. The van der Waals surface area contributed by atoms with Crippen molar-refractivity contribution in [3.63, 3.8) is 0 Å². The third-order valence-corrected chi connectivity index (χ3v) is 3.43. The van der Waals surface area contributed by atoms with Gasteiger partial charge in [-0.15, -0.1) is 0 Å². The van der Waals surface area contributed by atoms with Crippen LogP contribution in [0.15, 0.2) is 24.3 Å². The molecule has 0 spiro atoms. The standard InChI is InChI=1S/C14H16N2O2/c17-13-7-8-16(9-14(18)15-10-5-6-10)12-4-2-1-3-11(12)13/h1-4,10H,5-9H2,(H,15,18). The number of ketones is 1. The number of carbonyl (C=O) groups is 2. The van der Waals surface area contributed by atoms with E-state index in [0.717, 1.165) is 24.1 Å². The van der Waals surface area contributed by atoms with Crippen LogP contribution in [0.2, 0.25) is 0 Å². The fourth-order valence-electron chi connectivity index (χ4n) is 2.32. The minimum absolute atomic E-state index is 0.0571. The second-order valence-electron chi connectivity index (χ2n) is 4.95. The number of anilines is 1. The molecule has 0 atom stereocenters. The fourth-order valence-corrected chi connectivity index (χ4v) is 2.32. The van der Waals surface area contributed by atoms with Crippen molar-refractivity contribution in [1.29, 1.82) is 0 Å². The summed E-state index contributed by atoms with van der Waals surface area (Å²) in [7, 11) is 0. The summed E-state index contributed by atoms with van der Waals surface area (Å²) in [5.41, 5.74) is 1.63. The molecule has 2 aliphatic rings. The monoisotopic (exact) mass is 244 g/mol. The molecule has 1 amide bonds. The Kier molecular flexibility index (Phi) is 2.78. The fraction of sp³-hybridized carbons (Fsp3) is 0.429. The van der Waals surface area contributed by atoms with Gasteiger partial charge in [0.25, 0.3) is 0 Å². The summed E-state index contributed by atoms with van der Waals surface area (Å²) in [6.45, 7) is 0.981. The molecular formula is C14H16N2O2. The molecule has 94 valence electrons. The summed E-state index contributed by atoms with van der Waals surface area (Å²) in [4.78, 5) is 25.6. The first-order valence-corrected chi connectivity index (χ1v) is 6.40. The van der Waals surface area contributed by atoms with Gasteiger partial charge in [0.05, 0.1) is 6.54 Å². The third kappa shape index (κ3) is 2.23. The van der Waals surface area contributed by atoms with Crippen LogP contribution in [-0.4, -0.2) is 30.8 Å². The lowest BCUT2D eigenvalue weighted by atomic mass is 10.0. The normalized spacial score (nSPS) is 18.4. The highest BCUT2D eigenvalue weighted by atomic mass is 16.2. The number of hydrogen-bond acceptors (Lipinski definition) is 3. The highest BCUT2D eigenvalue weighted by Crippen LogP contribution is 2.26. The van der Waals surface area contributed by atoms with Crippen LogP contribution in [0.25, 0.3) is 0 Å². The van der Waals surface area contributed by atoms with Crippen LogP contribution in [0.4, 0.5) is 5.69 Å². The van der Waals surface area contributed by atoms with Gasteiger partial charge in [0.2, 0.25) is 5.91 Å². The molecule has 0 saturated heterocycles. The Morgan fingerprint density at radius 1 is 1.33 bits per heavy atom. The lowest BCUT2D eigenvalue weighted by molar-refractivity contribution is -0.119. The van der Waals surface area contributed by atoms with E-state index in [0.29, 0.717) is 25.6 Å². The summed E-state index contributed by atoms with van der Waals surface area (Å²) in [6.07, 6.45) is 2.69. The first kappa shape index (κ1) is 11.3. The van der Waals surface area contributed by atoms with Gasteiger partial charge < -0.3 is 10.2 Å². The highest BCUT2D eigenvalue weighted by molar-refractivity contribution is 6.04. The number of amides is 1. The Morgan fingerprint density at radius 3 is 2.89 bits per heavy atom. The number of nitrogens with one attached hydrogen (secondary N) is 1. The van der Waals surface area contributed by atoms with Gasteiger partial charge in [-0.1, -0.05) is 12.1 Å². The average Bonchev–Trinajstić information content (AvgIpc) is 3.17. The van der Waals surface area contributed by atoms with E-state index < -0.39 is 0 Å². The first-order chi connectivity index (χ1) is 8.74. The maximum Gasteiger partial charge on any atom is 0.239 e. The minimum atomic E-state index is 0.0571. The number of hydrogen-bond donors (Lipinski definition) is 1. The summed E-state index contributed by atoms with van der Waals surface area (Å²) >= 11 is 0. The first-order valence-electron chi connectivity index (χ1n) is 6.40. The molecule has 1 fully saturated rings. The zero-order valence-corrected chi connectivity index (χ0v) is 10.2. The second kappa shape index (κ2) is 4.44. The van der Waals surface area contributed by atoms with Gasteiger partial charge in [0.15, 0.2) is 5.78 Å². The molecule has 1 aliphatic carbocycles. The quantitative estimate of drug-likeness (QED) is 0.873. The van der Waals surface area contributed by atoms with Crippen molar-refractivity contribution in [1.82, 2.24) is 5.32 Å². The molecule has 4 nitrogen and oxygen atoms in total. The van der Waals surface area contributed by atoms with Crippen molar-refractivity contribution in [3.8, 4) is 0 Å². The maximum atomic E-state index is 11.8. The van der Waals surface area contributed by atoms with E-state index in [9.17, 15) is 9.59 Å². The number of fused-ring (bicyclic) bond motifs is 1. The Bertz CT molecular complexity index is 494. The Labute approximate surface area is 106 Å². The smallest absolute Gasteiger partial charge is 0.239 e. The van der Waals surface area contributed by atoms with E-state index in [-0.39, 0.29) is 11.7 Å². The lowest BCUT2D eigenvalue weighted by Gasteiger charge is -2.29. The minimum Gasteiger partial charge on any atom is -0.361 e. The zero-order chi connectivity index (χ0) is 12.5. The molecule has 0 bridgehead atoms. The topological polar surface area (TPSA) is 49.4 Å². The van der Waals surface area contributed by atoms with Crippen molar-refractivity contribution in [3.05, 3.63) is 29.8 Å². The molecular weight excluding hydrogens is 228 g/mol. The van der Waals surface area contributed by atoms with Crippen LogP contribution >= 0.6 is 0 Å². The number of rotatable bonds is 3. The van der Waals surface area contributed by atoms with Crippen LogP contribution in [0, 0.1) is 0 Å². The molecule has 18 heavy (non-hydrogen) atoms. The Morgan fingerprint density at radius 2 is 2.11 bits per heavy atom. The molecule has 0 radical (unpaired) electrons. The lowest BCUT2D eigenvalue weighted by Crippen LogP contribution is -2.41. The Balaban J connectivity index is 1.75. The molecule has 1 aromatic rings. The summed E-state index contributed by atoms with van der Waals surface area (Å²) < 4.78 is 0. The van der Waals surface area contributed by atoms with Gasteiger partial charge >= 0.3 is 0 Å². The Hall–Kier alpha value is -1.84. The largest absolute Gasteiger partial charge is 0.361 e. The van der Waals surface area contributed by atoms with Gasteiger partial charge in [0.1, 0.15) is 0 Å². The van der Waals surface area contributed by atoms with Crippen LogP contribution < -0.4 is 10.2 Å². The number of para-hydroxylation sites is 1. The van der Waals surface area contributed by atoms with Crippen molar-refractivity contribution in [2.24, 2.45) is 0 Å². The summed E-state index contributed by atoms with van der Waals surface area (Å²) in [5.74, 6) is 0.228. The van der Waals surface area contributed by atoms with Crippen LogP contribution in [0.5, 0.6) is 0 Å². The number of carbonyl (C=O) groups excluding carboxylic acids is 2. The molecule has 1 heterocycles. The van der Waals surface area contributed by atoms with E-state index in [1.807, 2.05) is 29.2 Å². The zero-order valence-electron chi connectivity index (χ0n) is 10.2. The van der Waals surface area contributed by atoms with Gasteiger partial charge in [-0.25, -0.2) is 0 Å². The van der Waals surface area contributed by atoms with E-state index in [2.05, 4.69) is 5.32 Å². The van der Waals surface area contributed by atoms with Crippen molar-refractivity contribution in [2.45, 2.75) is 25.3 Å². The van der Waals surface area contributed by atoms with Gasteiger partial charge in [0, 0.05) is 30.3 Å². The summed E-state index contributed by atoms with van der Waals surface area (Å²) in [6, 6.07) is 7.91. The van der Waals surface area contributed by atoms with E-state index in [1.165, 1.54) is 0 Å². The van der Waals surface area contributed by atoms with Crippen molar-refractivity contribution >= 4 is 17.4 Å². The third-order valence-electron chi connectivity index (χ3n) is 3.43. The number of nitrogens with zero attached hydrogens (tertiary/aromatic N) is 1. The predicted octanol–water partition coefficient (Wildman–Crippen LogP) is 1.36. The van der Waals surface area contributed by atoms with Crippen LogP contribution in [0.3, 0.4) is 0 Å². The van der Waals surface area contributed by atoms with Crippen molar-refractivity contribution in [2.75, 3.05) is 18.0 Å². The van der Waals surface area contributed by atoms with Crippen molar-refractivity contribution < 1.29 is 9.59 Å². The molecule has 1 saturated carbocycles. The maximum absolute atomic E-state index is 11.8.